The summed E-state index contributed by atoms with van der Waals surface area (Å²) in [5, 5.41) is 61.8. The molecule has 6 N–H and O–H groups in total. The summed E-state index contributed by atoms with van der Waals surface area (Å²) in [5.74, 6) is 0.534. The number of hydrogen-bond acceptors (Lipinski definition) is 12. The molecule has 0 spiro atoms. The average molecular weight is 613 g/mol. The van der Waals surface area contributed by atoms with Gasteiger partial charge in [-0.1, -0.05) is 27.4 Å². The van der Waals surface area contributed by atoms with Gasteiger partial charge in [-0.05, 0) is 72.3 Å². The molecule has 12 heteroatoms. The number of esters is 1. The molecule has 0 unspecified atom stereocenters. The molecule has 12 nitrogen and oxygen atoms in total. The highest BCUT2D eigenvalue weighted by atomic mass is 16.7. The Hall–Kier alpha value is -1.45. The fourth-order valence-corrected chi connectivity index (χ4v) is 8.00. The first-order valence-corrected chi connectivity index (χ1v) is 15.4. The zero-order valence-corrected chi connectivity index (χ0v) is 25.3. The van der Waals surface area contributed by atoms with Crippen LogP contribution >= 0.6 is 0 Å². The number of hydrogen-bond donors (Lipinski definition) is 6. The lowest BCUT2D eigenvalue weighted by Crippen LogP contribution is -2.61. The van der Waals surface area contributed by atoms with Crippen molar-refractivity contribution in [3.8, 4) is 0 Å². The fraction of sp³-hybridized carbons (Fsp3) is 0.839. The number of cyclic esters (lactones) is 1. The Morgan fingerprint density at radius 3 is 2.47 bits per heavy atom. The van der Waals surface area contributed by atoms with E-state index in [9.17, 15) is 35.4 Å². The standard InChI is InChI=1S/C31H48O12/c1-16-7-9-30(4)17(2)19(5-6-21(30)29(16,3)10-8-18-11-22(33)39-12-18)42-27-25(36)24(35)23(34)20(43-27)13-40-28-26(37)31(38,14-32)15-41-28/h11,16,19-21,23-28,32,34-38H,2,5-10,12-15H2,1,3-4H3/t16-,19-,20-,21-,23-,24+,25-,26+,27-,28-,29+,30+,31-/m1/s1. The summed E-state index contributed by atoms with van der Waals surface area (Å²) in [7, 11) is 0. The van der Waals surface area contributed by atoms with Gasteiger partial charge in [-0.15, -0.1) is 0 Å². The van der Waals surface area contributed by atoms with E-state index in [1.54, 1.807) is 6.08 Å². The van der Waals surface area contributed by atoms with Crippen molar-refractivity contribution in [3.63, 3.8) is 0 Å². The molecule has 0 radical (unpaired) electrons. The van der Waals surface area contributed by atoms with Crippen LogP contribution in [0, 0.1) is 22.7 Å². The van der Waals surface area contributed by atoms with Crippen LogP contribution in [0.3, 0.4) is 0 Å². The van der Waals surface area contributed by atoms with Crippen LogP contribution in [0.1, 0.15) is 59.3 Å². The number of carbonyl (C=O) groups excluding carboxylic acids is 1. The maximum atomic E-state index is 11.6. The maximum Gasteiger partial charge on any atom is 0.331 e. The molecule has 43 heavy (non-hydrogen) atoms. The zero-order valence-electron chi connectivity index (χ0n) is 25.3. The molecule has 0 aromatic rings. The molecule has 2 saturated carbocycles. The van der Waals surface area contributed by atoms with Crippen molar-refractivity contribution < 1.29 is 59.1 Å². The van der Waals surface area contributed by atoms with Crippen LogP contribution in [0.25, 0.3) is 0 Å². The summed E-state index contributed by atoms with van der Waals surface area (Å²) in [6, 6.07) is 0. The monoisotopic (exact) mass is 612 g/mol. The van der Waals surface area contributed by atoms with E-state index in [0.717, 1.165) is 43.3 Å². The van der Waals surface area contributed by atoms with Crippen LogP contribution in [-0.2, 0) is 28.5 Å². The summed E-state index contributed by atoms with van der Waals surface area (Å²) >= 11 is 0. The van der Waals surface area contributed by atoms with Crippen LogP contribution in [0.2, 0.25) is 0 Å². The molecule has 0 aromatic carbocycles. The summed E-state index contributed by atoms with van der Waals surface area (Å²) < 4.78 is 28.1. The van der Waals surface area contributed by atoms with Gasteiger partial charge in [0.15, 0.2) is 12.6 Å². The number of aliphatic hydroxyl groups is 6. The van der Waals surface area contributed by atoms with E-state index in [1.807, 2.05) is 0 Å². The third-order valence-electron chi connectivity index (χ3n) is 11.3. The lowest BCUT2D eigenvalue weighted by atomic mass is 9.46. The van der Waals surface area contributed by atoms with Gasteiger partial charge >= 0.3 is 5.97 Å². The highest BCUT2D eigenvalue weighted by Gasteiger charge is 2.57. The minimum absolute atomic E-state index is 0.00599. The molecule has 2 saturated heterocycles. The second kappa shape index (κ2) is 12.4. The predicted octanol–water partition coefficient (Wildman–Crippen LogP) is 0.309. The quantitative estimate of drug-likeness (QED) is 0.119. The molecular formula is C31H48O12. The number of fused-ring (bicyclic) bond motifs is 1. The van der Waals surface area contributed by atoms with Crippen LogP contribution in [0.4, 0.5) is 0 Å². The molecule has 0 aromatic heterocycles. The van der Waals surface area contributed by atoms with Gasteiger partial charge in [0.2, 0.25) is 0 Å². The summed E-state index contributed by atoms with van der Waals surface area (Å²) in [6.45, 7) is 10.3. The maximum absolute atomic E-state index is 11.6. The van der Waals surface area contributed by atoms with Gasteiger partial charge in [0.1, 0.15) is 42.7 Å². The Bertz CT molecular complexity index is 1080. The number of aliphatic hydroxyl groups excluding tert-OH is 5. The van der Waals surface area contributed by atoms with Crippen molar-refractivity contribution in [1.82, 2.24) is 0 Å². The van der Waals surface area contributed by atoms with Crippen molar-refractivity contribution in [2.75, 3.05) is 26.4 Å². The van der Waals surface area contributed by atoms with E-state index >= 15 is 0 Å². The molecular weight excluding hydrogens is 564 g/mol. The van der Waals surface area contributed by atoms with Crippen LogP contribution in [-0.4, -0.2) is 118 Å². The van der Waals surface area contributed by atoms with E-state index in [0.29, 0.717) is 24.9 Å². The first kappa shape index (κ1) is 32.9. The Morgan fingerprint density at radius 2 is 1.81 bits per heavy atom. The van der Waals surface area contributed by atoms with Gasteiger partial charge in [-0.2, -0.15) is 0 Å². The topological polar surface area (TPSA) is 185 Å². The normalized spacial score (nSPS) is 48.6. The van der Waals surface area contributed by atoms with Crippen molar-refractivity contribution in [1.29, 1.82) is 0 Å². The number of carbonyl (C=O) groups is 1. The van der Waals surface area contributed by atoms with Crippen LogP contribution in [0.15, 0.2) is 23.8 Å². The SMILES string of the molecule is C=C1[C@H](O[C@@H]2O[C@H](CO[C@@H]3OC[C@](O)(CO)[C@H]3O)[C@@H](O)[C@H](O)[C@H]2O)CC[C@@H]2[C@@](C)(CCC3=CC(=O)OC3)[C@H](C)CC[C@@]12C. The molecule has 2 aliphatic carbocycles. The molecule has 3 heterocycles. The van der Waals surface area contributed by atoms with Crippen molar-refractivity contribution in [2.45, 2.75) is 114 Å². The van der Waals surface area contributed by atoms with Crippen LogP contribution in [0.5, 0.6) is 0 Å². The second-order valence-electron chi connectivity index (χ2n) is 13.8. The smallest absolute Gasteiger partial charge is 0.331 e. The first-order valence-electron chi connectivity index (χ1n) is 15.4. The van der Waals surface area contributed by atoms with E-state index in [1.165, 1.54) is 0 Å². The van der Waals surface area contributed by atoms with Crippen molar-refractivity contribution in [2.24, 2.45) is 22.7 Å². The zero-order chi connectivity index (χ0) is 31.3. The van der Waals surface area contributed by atoms with E-state index in [-0.39, 0.29) is 30.0 Å². The van der Waals surface area contributed by atoms with Gasteiger partial charge in [-0.3, -0.25) is 0 Å². The second-order valence-corrected chi connectivity index (χ2v) is 13.8. The Balaban J connectivity index is 1.24. The Labute approximate surface area is 252 Å². The molecule has 0 amide bonds. The number of rotatable bonds is 9. The first-order chi connectivity index (χ1) is 20.2. The number of ether oxygens (including phenoxy) is 5. The highest BCUT2D eigenvalue weighted by molar-refractivity contribution is 5.85. The van der Waals surface area contributed by atoms with E-state index in [4.69, 9.17) is 23.7 Å². The predicted molar refractivity (Wildman–Crippen MR) is 150 cm³/mol. The third-order valence-corrected chi connectivity index (χ3v) is 11.3. The van der Waals surface area contributed by atoms with Crippen LogP contribution < -0.4 is 0 Å². The third kappa shape index (κ3) is 5.96. The molecule has 5 aliphatic rings. The molecule has 4 fully saturated rings. The highest BCUT2D eigenvalue weighted by Crippen LogP contribution is 2.63. The lowest BCUT2D eigenvalue weighted by Gasteiger charge is -2.60. The molecule has 5 rings (SSSR count). The van der Waals surface area contributed by atoms with Gasteiger partial charge in [0, 0.05) is 6.08 Å². The van der Waals surface area contributed by atoms with E-state index in [2.05, 4.69) is 27.4 Å². The lowest BCUT2D eigenvalue weighted by molar-refractivity contribution is -0.319. The summed E-state index contributed by atoms with van der Waals surface area (Å²) in [4.78, 5) is 11.6. The molecule has 3 aliphatic heterocycles. The van der Waals surface area contributed by atoms with Gasteiger partial charge in [0.25, 0.3) is 0 Å². The fourth-order valence-electron chi connectivity index (χ4n) is 8.00. The van der Waals surface area contributed by atoms with Crippen molar-refractivity contribution >= 4 is 5.97 Å². The summed E-state index contributed by atoms with van der Waals surface area (Å²) in [5.41, 5.74) is -0.161. The van der Waals surface area contributed by atoms with E-state index < -0.39 is 61.4 Å². The van der Waals surface area contributed by atoms with Crippen molar-refractivity contribution in [3.05, 3.63) is 23.8 Å². The van der Waals surface area contributed by atoms with Gasteiger partial charge in [0.05, 0.1) is 25.9 Å². The summed E-state index contributed by atoms with van der Waals surface area (Å²) in [6.07, 6.45) is -3.53. The molecule has 0 bridgehead atoms. The Kier molecular flexibility index (Phi) is 9.49. The largest absolute Gasteiger partial charge is 0.458 e. The Morgan fingerprint density at radius 1 is 1.07 bits per heavy atom. The molecule has 13 atom stereocenters. The minimum atomic E-state index is -1.87. The van der Waals surface area contributed by atoms with Gasteiger partial charge < -0.3 is 54.3 Å². The van der Waals surface area contributed by atoms with Gasteiger partial charge in [-0.25, -0.2) is 4.79 Å². The minimum Gasteiger partial charge on any atom is -0.458 e. The average Bonchev–Trinajstić information content (AvgIpc) is 3.53. The molecule has 244 valence electrons.